The Morgan fingerprint density at radius 2 is 2.08 bits per heavy atom. The van der Waals surface area contributed by atoms with E-state index < -0.39 is 0 Å². The van der Waals surface area contributed by atoms with E-state index in [4.69, 9.17) is 0 Å². The van der Waals surface area contributed by atoms with Crippen LogP contribution in [0.3, 0.4) is 0 Å². The minimum absolute atomic E-state index is 0.0834. The summed E-state index contributed by atoms with van der Waals surface area (Å²) in [5.74, 6) is 0. The maximum Gasteiger partial charge on any atom is 0.0216 e. The average Bonchev–Trinajstić information content (AvgIpc) is 2.17. The SMILES string of the molecule is C=CC(C)(CC)c1ccccc1Br. The third kappa shape index (κ3) is 2.02. The first-order valence-corrected chi connectivity index (χ1v) is 5.32. The van der Waals surface area contributed by atoms with E-state index in [-0.39, 0.29) is 5.41 Å². The highest BCUT2D eigenvalue weighted by Crippen LogP contribution is 2.33. The molecule has 0 aromatic heterocycles. The molecule has 0 nitrogen and oxygen atoms in total. The van der Waals surface area contributed by atoms with Gasteiger partial charge in [-0.05, 0) is 18.1 Å². The Balaban J connectivity index is 3.19. The Bertz CT molecular complexity index is 304. The molecule has 0 N–H and O–H groups in total. The van der Waals surface area contributed by atoms with E-state index in [1.165, 1.54) is 10.0 Å². The van der Waals surface area contributed by atoms with Gasteiger partial charge in [-0.15, -0.1) is 6.58 Å². The standard InChI is InChI=1S/C12H15Br/c1-4-12(3,5-2)10-8-6-7-9-11(10)13/h4,6-9H,1,5H2,2-3H3. The molecule has 0 amide bonds. The first-order chi connectivity index (χ1) is 6.14. The highest BCUT2D eigenvalue weighted by atomic mass is 79.9. The van der Waals surface area contributed by atoms with Crippen molar-refractivity contribution in [2.24, 2.45) is 0 Å². The van der Waals surface area contributed by atoms with Gasteiger partial charge in [0.25, 0.3) is 0 Å². The van der Waals surface area contributed by atoms with Gasteiger partial charge in [-0.25, -0.2) is 0 Å². The predicted octanol–water partition coefficient (Wildman–Crippen LogP) is 4.30. The Kier molecular flexibility index (Phi) is 3.32. The Morgan fingerprint density at radius 3 is 2.54 bits per heavy atom. The quantitative estimate of drug-likeness (QED) is 0.689. The molecule has 1 aromatic carbocycles. The fourth-order valence-electron chi connectivity index (χ4n) is 1.37. The lowest BCUT2D eigenvalue weighted by atomic mass is 9.80. The molecule has 1 heteroatoms. The first kappa shape index (κ1) is 10.5. The van der Waals surface area contributed by atoms with Crippen LogP contribution in [0.2, 0.25) is 0 Å². The van der Waals surface area contributed by atoms with Gasteiger partial charge in [0.1, 0.15) is 0 Å². The summed E-state index contributed by atoms with van der Waals surface area (Å²) in [6.07, 6.45) is 3.09. The van der Waals surface area contributed by atoms with Gasteiger partial charge < -0.3 is 0 Å². The van der Waals surface area contributed by atoms with Crippen LogP contribution >= 0.6 is 15.9 Å². The van der Waals surface area contributed by atoms with Crippen LogP contribution in [0.15, 0.2) is 41.4 Å². The van der Waals surface area contributed by atoms with Gasteiger partial charge in [0.05, 0.1) is 0 Å². The smallest absolute Gasteiger partial charge is 0.0216 e. The van der Waals surface area contributed by atoms with Crippen molar-refractivity contribution in [3.8, 4) is 0 Å². The van der Waals surface area contributed by atoms with E-state index in [2.05, 4.69) is 54.6 Å². The molecule has 1 unspecified atom stereocenters. The van der Waals surface area contributed by atoms with E-state index in [9.17, 15) is 0 Å². The Hall–Kier alpha value is -0.560. The molecule has 0 radical (unpaired) electrons. The van der Waals surface area contributed by atoms with Gasteiger partial charge in [-0.1, -0.05) is 54.1 Å². The second-order valence-corrected chi connectivity index (χ2v) is 4.31. The highest BCUT2D eigenvalue weighted by Gasteiger charge is 2.22. The minimum atomic E-state index is 0.0834. The fraction of sp³-hybridized carbons (Fsp3) is 0.333. The summed E-state index contributed by atoms with van der Waals surface area (Å²) in [7, 11) is 0. The molecule has 0 saturated carbocycles. The largest absolute Gasteiger partial charge is 0.102 e. The summed E-state index contributed by atoms with van der Waals surface area (Å²) >= 11 is 3.57. The van der Waals surface area contributed by atoms with Crippen LogP contribution in [0, 0.1) is 0 Å². The summed E-state index contributed by atoms with van der Waals surface area (Å²) in [6, 6.07) is 8.33. The molecule has 0 spiro atoms. The van der Waals surface area contributed by atoms with Gasteiger partial charge >= 0.3 is 0 Å². The number of hydrogen-bond donors (Lipinski definition) is 0. The van der Waals surface area contributed by atoms with Crippen molar-refractivity contribution in [2.75, 3.05) is 0 Å². The molecular weight excluding hydrogens is 224 g/mol. The van der Waals surface area contributed by atoms with E-state index in [0.29, 0.717) is 0 Å². The number of allylic oxidation sites excluding steroid dienone is 1. The van der Waals surface area contributed by atoms with Crippen LogP contribution in [0.1, 0.15) is 25.8 Å². The van der Waals surface area contributed by atoms with Crippen molar-refractivity contribution in [3.63, 3.8) is 0 Å². The van der Waals surface area contributed by atoms with E-state index >= 15 is 0 Å². The van der Waals surface area contributed by atoms with Crippen molar-refractivity contribution >= 4 is 15.9 Å². The monoisotopic (exact) mass is 238 g/mol. The topological polar surface area (TPSA) is 0 Å². The van der Waals surface area contributed by atoms with Gasteiger partial charge in [-0.2, -0.15) is 0 Å². The van der Waals surface area contributed by atoms with Crippen LogP contribution in [0.5, 0.6) is 0 Å². The van der Waals surface area contributed by atoms with Crippen molar-refractivity contribution in [1.82, 2.24) is 0 Å². The fourth-order valence-corrected chi connectivity index (χ4v) is 2.11. The van der Waals surface area contributed by atoms with Crippen molar-refractivity contribution in [2.45, 2.75) is 25.7 Å². The molecule has 0 heterocycles. The van der Waals surface area contributed by atoms with E-state index in [1.54, 1.807) is 0 Å². The Labute approximate surface area is 88.8 Å². The van der Waals surface area contributed by atoms with Gasteiger partial charge in [0.2, 0.25) is 0 Å². The second kappa shape index (κ2) is 4.10. The average molecular weight is 239 g/mol. The number of rotatable bonds is 3. The number of benzene rings is 1. The van der Waals surface area contributed by atoms with Crippen molar-refractivity contribution in [3.05, 3.63) is 47.0 Å². The number of hydrogen-bond acceptors (Lipinski definition) is 0. The zero-order valence-corrected chi connectivity index (χ0v) is 9.76. The second-order valence-electron chi connectivity index (χ2n) is 3.45. The lowest BCUT2D eigenvalue weighted by molar-refractivity contribution is 0.571. The Morgan fingerprint density at radius 1 is 1.46 bits per heavy atom. The zero-order valence-electron chi connectivity index (χ0n) is 8.18. The highest BCUT2D eigenvalue weighted by molar-refractivity contribution is 9.10. The van der Waals surface area contributed by atoms with Crippen LogP contribution in [0.25, 0.3) is 0 Å². The maximum absolute atomic E-state index is 3.90. The third-order valence-corrected chi connectivity index (χ3v) is 3.37. The molecule has 0 fully saturated rings. The summed E-state index contributed by atoms with van der Waals surface area (Å²) in [5.41, 5.74) is 1.40. The van der Waals surface area contributed by atoms with Crippen molar-refractivity contribution in [1.29, 1.82) is 0 Å². The molecule has 13 heavy (non-hydrogen) atoms. The molecule has 1 rings (SSSR count). The lowest BCUT2D eigenvalue weighted by Gasteiger charge is -2.25. The van der Waals surface area contributed by atoms with E-state index in [1.807, 2.05) is 12.1 Å². The molecule has 70 valence electrons. The number of halogens is 1. The predicted molar refractivity (Wildman–Crippen MR) is 62.0 cm³/mol. The van der Waals surface area contributed by atoms with Gasteiger partial charge in [-0.3, -0.25) is 0 Å². The first-order valence-electron chi connectivity index (χ1n) is 4.52. The summed E-state index contributed by atoms with van der Waals surface area (Å²) < 4.78 is 1.17. The van der Waals surface area contributed by atoms with Crippen LogP contribution < -0.4 is 0 Å². The molecular formula is C12H15Br. The minimum Gasteiger partial charge on any atom is -0.102 e. The molecule has 0 aliphatic carbocycles. The van der Waals surface area contributed by atoms with Crippen LogP contribution in [-0.4, -0.2) is 0 Å². The van der Waals surface area contributed by atoms with Crippen molar-refractivity contribution < 1.29 is 0 Å². The van der Waals surface area contributed by atoms with Gasteiger partial charge in [0.15, 0.2) is 0 Å². The maximum atomic E-state index is 3.90. The molecule has 0 bridgehead atoms. The molecule has 0 aliphatic heterocycles. The summed E-state index contributed by atoms with van der Waals surface area (Å²) in [5, 5.41) is 0. The molecule has 1 aromatic rings. The lowest BCUT2D eigenvalue weighted by Crippen LogP contribution is -2.17. The molecule has 0 aliphatic rings. The molecule has 1 atom stereocenters. The normalized spacial score (nSPS) is 15.0. The summed E-state index contributed by atoms with van der Waals surface area (Å²) in [4.78, 5) is 0. The van der Waals surface area contributed by atoms with Crippen LogP contribution in [-0.2, 0) is 5.41 Å². The third-order valence-electron chi connectivity index (χ3n) is 2.67. The van der Waals surface area contributed by atoms with Crippen LogP contribution in [0.4, 0.5) is 0 Å². The van der Waals surface area contributed by atoms with Gasteiger partial charge in [0, 0.05) is 9.89 Å². The summed E-state index contributed by atoms with van der Waals surface area (Å²) in [6.45, 7) is 8.29. The van der Waals surface area contributed by atoms with E-state index in [0.717, 1.165) is 6.42 Å². The molecule has 0 saturated heterocycles. The zero-order chi connectivity index (χ0) is 9.90.